The smallest absolute Gasteiger partial charge is 0.251 e. The van der Waals surface area contributed by atoms with Gasteiger partial charge in [0.25, 0.3) is 5.91 Å². The summed E-state index contributed by atoms with van der Waals surface area (Å²) in [6.45, 7) is 8.07. The first-order valence-corrected chi connectivity index (χ1v) is 9.51. The number of amides is 1. The molecule has 0 unspecified atom stereocenters. The summed E-state index contributed by atoms with van der Waals surface area (Å²) >= 11 is 0. The van der Waals surface area contributed by atoms with Crippen LogP contribution < -0.4 is 5.32 Å². The van der Waals surface area contributed by atoms with Gasteiger partial charge in [0.15, 0.2) is 0 Å². The van der Waals surface area contributed by atoms with Gasteiger partial charge in [0, 0.05) is 24.7 Å². The summed E-state index contributed by atoms with van der Waals surface area (Å²) < 4.78 is 6.14. The van der Waals surface area contributed by atoms with Crippen LogP contribution in [0.3, 0.4) is 0 Å². The molecule has 2 atom stereocenters. The summed E-state index contributed by atoms with van der Waals surface area (Å²) in [5, 5.41) is 3.02. The van der Waals surface area contributed by atoms with Crippen LogP contribution in [0.2, 0.25) is 0 Å². The van der Waals surface area contributed by atoms with Gasteiger partial charge in [-0.25, -0.2) is 0 Å². The summed E-state index contributed by atoms with van der Waals surface area (Å²) in [4.78, 5) is 14.9. The van der Waals surface area contributed by atoms with Crippen LogP contribution in [-0.4, -0.2) is 43.1 Å². The third kappa shape index (κ3) is 3.65. The van der Waals surface area contributed by atoms with Crippen LogP contribution in [0.4, 0.5) is 0 Å². The average Bonchev–Trinajstić information content (AvgIpc) is 2.61. The topological polar surface area (TPSA) is 41.6 Å². The summed E-state index contributed by atoms with van der Waals surface area (Å²) in [6, 6.07) is 6.63. The van der Waals surface area contributed by atoms with E-state index in [9.17, 15) is 4.79 Å². The molecule has 24 heavy (non-hydrogen) atoms. The molecule has 1 amide bonds. The maximum atomic E-state index is 12.4. The number of fused-ring (bicyclic) bond motifs is 3. The van der Waals surface area contributed by atoms with E-state index in [0.717, 1.165) is 57.5 Å². The van der Waals surface area contributed by atoms with Crippen molar-refractivity contribution >= 4 is 5.91 Å². The summed E-state index contributed by atoms with van der Waals surface area (Å²) in [6.07, 6.45) is 5.65. The Bertz CT molecular complexity index is 571. The Morgan fingerprint density at radius 1 is 1.33 bits per heavy atom. The predicted octanol–water partition coefficient (Wildman–Crippen LogP) is 3.31. The molecule has 1 fully saturated rings. The van der Waals surface area contributed by atoms with E-state index in [4.69, 9.17) is 4.74 Å². The number of rotatable bonds is 6. The fourth-order valence-electron chi connectivity index (χ4n) is 3.97. The van der Waals surface area contributed by atoms with Crippen LogP contribution in [-0.2, 0) is 11.2 Å². The van der Waals surface area contributed by atoms with E-state index in [1.807, 2.05) is 6.07 Å². The number of hydrogen-bond donors (Lipinski definition) is 1. The highest BCUT2D eigenvalue weighted by atomic mass is 16.5. The minimum Gasteiger partial charge on any atom is -0.371 e. The van der Waals surface area contributed by atoms with E-state index >= 15 is 0 Å². The Hall–Kier alpha value is -1.39. The van der Waals surface area contributed by atoms with Crippen molar-refractivity contribution in [3.63, 3.8) is 0 Å². The normalized spacial score (nSPS) is 23.4. The number of ether oxygens (including phenoxy) is 1. The molecule has 0 radical (unpaired) electrons. The molecule has 4 nitrogen and oxygen atoms in total. The SMILES string of the molecule is CCCCNC(=O)c1ccc2c(c1)[C@@H]1OCCN(CCC)[C@H]1CC2. The monoisotopic (exact) mass is 330 g/mol. The van der Waals surface area contributed by atoms with Gasteiger partial charge in [-0.15, -0.1) is 0 Å². The molecule has 1 aliphatic heterocycles. The third-order valence-electron chi connectivity index (χ3n) is 5.25. The van der Waals surface area contributed by atoms with E-state index in [2.05, 4.69) is 36.2 Å². The maximum absolute atomic E-state index is 12.4. The Balaban J connectivity index is 1.78. The lowest BCUT2D eigenvalue weighted by atomic mass is 9.83. The fourth-order valence-corrected chi connectivity index (χ4v) is 3.97. The van der Waals surface area contributed by atoms with Crippen LogP contribution in [0.5, 0.6) is 0 Å². The van der Waals surface area contributed by atoms with E-state index in [1.54, 1.807) is 0 Å². The van der Waals surface area contributed by atoms with Gasteiger partial charge in [0.1, 0.15) is 0 Å². The van der Waals surface area contributed by atoms with Gasteiger partial charge >= 0.3 is 0 Å². The molecule has 1 saturated heterocycles. The second-order valence-electron chi connectivity index (χ2n) is 6.96. The standard InChI is InChI=1S/C20H30N2O2/c1-3-5-10-21-20(23)16-7-6-15-8-9-18-19(17(15)14-16)24-13-12-22(18)11-4-2/h6-7,14,18-19H,3-5,8-13H2,1-2H3,(H,21,23)/t18-,19-/m0/s1. The quantitative estimate of drug-likeness (QED) is 0.814. The zero-order valence-corrected chi connectivity index (χ0v) is 15.0. The van der Waals surface area contributed by atoms with E-state index in [1.165, 1.54) is 17.5 Å². The zero-order valence-electron chi connectivity index (χ0n) is 15.0. The van der Waals surface area contributed by atoms with Gasteiger partial charge in [-0.1, -0.05) is 26.3 Å². The Morgan fingerprint density at radius 3 is 3.00 bits per heavy atom. The minimum absolute atomic E-state index is 0.0367. The van der Waals surface area contributed by atoms with Gasteiger partial charge in [-0.2, -0.15) is 0 Å². The number of hydrogen-bond acceptors (Lipinski definition) is 3. The fraction of sp³-hybridized carbons (Fsp3) is 0.650. The van der Waals surface area contributed by atoms with Crippen molar-refractivity contribution in [1.82, 2.24) is 10.2 Å². The average molecular weight is 330 g/mol. The van der Waals surface area contributed by atoms with Crippen molar-refractivity contribution in [3.8, 4) is 0 Å². The van der Waals surface area contributed by atoms with E-state index in [-0.39, 0.29) is 12.0 Å². The number of benzene rings is 1. The molecule has 4 heteroatoms. The van der Waals surface area contributed by atoms with Gasteiger partial charge in [-0.3, -0.25) is 9.69 Å². The van der Waals surface area contributed by atoms with Crippen LogP contribution >= 0.6 is 0 Å². The molecule has 0 aromatic heterocycles. The summed E-state index contributed by atoms with van der Waals surface area (Å²) in [5.41, 5.74) is 3.34. The van der Waals surface area contributed by atoms with Crippen molar-refractivity contribution in [3.05, 3.63) is 34.9 Å². The number of unbranched alkanes of at least 4 members (excludes halogenated alkanes) is 1. The molecule has 1 aromatic carbocycles. The van der Waals surface area contributed by atoms with Gasteiger partial charge in [-0.05, 0) is 55.5 Å². The van der Waals surface area contributed by atoms with Crippen molar-refractivity contribution in [1.29, 1.82) is 0 Å². The van der Waals surface area contributed by atoms with Crippen LogP contribution in [0.1, 0.15) is 67.1 Å². The second-order valence-corrected chi connectivity index (χ2v) is 6.96. The largest absolute Gasteiger partial charge is 0.371 e. The zero-order chi connectivity index (χ0) is 16.9. The first-order valence-electron chi connectivity index (χ1n) is 9.51. The lowest BCUT2D eigenvalue weighted by molar-refractivity contribution is -0.0801. The van der Waals surface area contributed by atoms with Gasteiger partial charge in [0.05, 0.1) is 12.7 Å². The number of aryl methyl sites for hydroxylation is 1. The highest BCUT2D eigenvalue weighted by molar-refractivity contribution is 5.94. The number of morpholine rings is 1. The molecule has 1 heterocycles. The Labute approximate surface area is 145 Å². The number of nitrogens with zero attached hydrogens (tertiary/aromatic N) is 1. The lowest BCUT2D eigenvalue weighted by Gasteiger charge is -2.44. The molecule has 2 aliphatic rings. The van der Waals surface area contributed by atoms with Crippen molar-refractivity contribution in [2.75, 3.05) is 26.2 Å². The number of carbonyl (C=O) groups is 1. The molecule has 1 N–H and O–H groups in total. The van der Waals surface area contributed by atoms with Crippen LogP contribution in [0.15, 0.2) is 18.2 Å². The molecule has 0 spiro atoms. The molecule has 0 bridgehead atoms. The third-order valence-corrected chi connectivity index (χ3v) is 5.25. The van der Waals surface area contributed by atoms with Crippen molar-refractivity contribution in [2.45, 2.75) is 58.1 Å². The molecule has 132 valence electrons. The minimum atomic E-state index is 0.0367. The highest BCUT2D eigenvalue weighted by Gasteiger charge is 2.37. The molecule has 1 aliphatic carbocycles. The van der Waals surface area contributed by atoms with E-state index in [0.29, 0.717) is 6.04 Å². The van der Waals surface area contributed by atoms with Crippen molar-refractivity contribution in [2.24, 2.45) is 0 Å². The Kier molecular flexibility index (Phi) is 5.90. The van der Waals surface area contributed by atoms with Crippen molar-refractivity contribution < 1.29 is 9.53 Å². The van der Waals surface area contributed by atoms with Gasteiger partial charge in [0.2, 0.25) is 0 Å². The van der Waals surface area contributed by atoms with Crippen LogP contribution in [0.25, 0.3) is 0 Å². The molecular formula is C20H30N2O2. The molecular weight excluding hydrogens is 300 g/mol. The van der Waals surface area contributed by atoms with E-state index < -0.39 is 0 Å². The summed E-state index contributed by atoms with van der Waals surface area (Å²) in [7, 11) is 0. The molecule has 1 aromatic rings. The number of carbonyl (C=O) groups excluding carboxylic acids is 1. The summed E-state index contributed by atoms with van der Waals surface area (Å²) in [5.74, 6) is 0.0367. The van der Waals surface area contributed by atoms with Gasteiger partial charge < -0.3 is 10.1 Å². The highest BCUT2D eigenvalue weighted by Crippen LogP contribution is 2.38. The number of nitrogens with one attached hydrogen (secondary N) is 1. The molecule has 0 saturated carbocycles. The lowest BCUT2D eigenvalue weighted by Crippen LogP contribution is -2.49. The van der Waals surface area contributed by atoms with Crippen LogP contribution in [0, 0.1) is 0 Å². The first-order chi connectivity index (χ1) is 11.7. The second kappa shape index (κ2) is 8.13. The first kappa shape index (κ1) is 17.4. The maximum Gasteiger partial charge on any atom is 0.251 e. The Morgan fingerprint density at radius 2 is 2.21 bits per heavy atom. The predicted molar refractivity (Wildman–Crippen MR) is 96.3 cm³/mol. The molecule has 3 rings (SSSR count).